The molecule has 64 valence electrons. The Balaban J connectivity index is 0. The first-order valence-electron chi connectivity index (χ1n) is 3.62. The Morgan fingerprint density at radius 2 is 1.70 bits per heavy atom. The Kier molecular flexibility index (Phi) is 14.6. The average molecular weight is 147 g/mol. The van der Waals surface area contributed by atoms with E-state index in [0.717, 1.165) is 19.5 Å². The molecule has 0 unspecified atom stereocenters. The van der Waals surface area contributed by atoms with Gasteiger partial charge in [0.15, 0.2) is 0 Å². The quantitative estimate of drug-likeness (QED) is 0.577. The predicted molar refractivity (Wildman–Crippen MR) is 47.2 cm³/mol. The van der Waals surface area contributed by atoms with Crippen LogP contribution in [0, 0.1) is 0 Å². The molecule has 0 saturated carbocycles. The summed E-state index contributed by atoms with van der Waals surface area (Å²) in [6.07, 6.45) is 1.10. The van der Waals surface area contributed by atoms with Crippen molar-refractivity contribution in [2.45, 2.75) is 6.42 Å². The molecule has 0 bridgehead atoms. The van der Waals surface area contributed by atoms with E-state index in [1.165, 1.54) is 0 Å². The Bertz CT molecular complexity index is 46.1. The Morgan fingerprint density at radius 1 is 1.30 bits per heavy atom. The Morgan fingerprint density at radius 3 is 1.80 bits per heavy atom. The molecule has 3 N–H and O–H groups in total. The lowest BCUT2D eigenvalue weighted by atomic mass is 10.4. The van der Waals surface area contributed by atoms with Crippen molar-refractivity contribution in [2.75, 3.05) is 41.3 Å². The van der Waals surface area contributed by atoms with Crippen molar-refractivity contribution >= 4 is 0 Å². The molecule has 0 amide bonds. The maximum Gasteiger partial charge on any atom is -0.00128 e. The number of hydrogen-bond acceptors (Lipinski definition) is 3. The van der Waals surface area contributed by atoms with Gasteiger partial charge in [0.2, 0.25) is 0 Å². The summed E-state index contributed by atoms with van der Waals surface area (Å²) in [6.45, 7) is 1.91. The fourth-order valence-corrected chi connectivity index (χ4v) is 0.408. The zero-order valence-corrected chi connectivity index (χ0v) is 7.65. The maximum atomic E-state index is 5.25. The molecule has 0 heterocycles. The molecule has 0 radical (unpaired) electrons. The van der Waals surface area contributed by atoms with Gasteiger partial charge in [-0.2, -0.15) is 0 Å². The maximum absolute atomic E-state index is 5.25. The predicted octanol–water partition coefficient (Wildman–Crippen LogP) is -0.268. The largest absolute Gasteiger partial charge is 0.330 e. The lowest BCUT2D eigenvalue weighted by Crippen LogP contribution is -2.16. The minimum absolute atomic E-state index is 0.804. The fourth-order valence-electron chi connectivity index (χ4n) is 0.408. The van der Waals surface area contributed by atoms with Crippen LogP contribution in [0.15, 0.2) is 0 Å². The average Bonchev–Trinajstić information content (AvgIpc) is 1.85. The van der Waals surface area contributed by atoms with Gasteiger partial charge in [0.25, 0.3) is 0 Å². The van der Waals surface area contributed by atoms with Crippen molar-refractivity contribution in [1.82, 2.24) is 10.2 Å². The highest BCUT2D eigenvalue weighted by Gasteiger charge is 1.83. The van der Waals surface area contributed by atoms with E-state index in [1.54, 1.807) is 0 Å². The summed E-state index contributed by atoms with van der Waals surface area (Å²) >= 11 is 0. The summed E-state index contributed by atoms with van der Waals surface area (Å²) in [4.78, 5) is 2.13. The van der Waals surface area contributed by atoms with Gasteiger partial charge in [-0.05, 0) is 47.7 Å². The molecule has 3 heteroatoms. The van der Waals surface area contributed by atoms with Gasteiger partial charge in [0.05, 0.1) is 0 Å². The highest BCUT2D eigenvalue weighted by molar-refractivity contribution is 4.42. The first-order valence-corrected chi connectivity index (χ1v) is 3.62. The molecule has 0 atom stereocenters. The first kappa shape index (κ1) is 12.5. The van der Waals surface area contributed by atoms with Crippen LogP contribution in [0.1, 0.15) is 6.42 Å². The second-order valence-electron chi connectivity index (χ2n) is 2.45. The van der Waals surface area contributed by atoms with E-state index in [0.29, 0.717) is 0 Å². The zero-order valence-electron chi connectivity index (χ0n) is 7.65. The first-order chi connectivity index (χ1) is 4.68. The molecule has 0 aliphatic rings. The number of rotatable bonds is 3. The molecule has 0 rings (SSSR count). The van der Waals surface area contributed by atoms with Crippen LogP contribution in [0.3, 0.4) is 0 Å². The van der Waals surface area contributed by atoms with Crippen molar-refractivity contribution in [2.24, 2.45) is 5.73 Å². The van der Waals surface area contributed by atoms with Gasteiger partial charge in [-0.3, -0.25) is 0 Å². The van der Waals surface area contributed by atoms with Crippen molar-refractivity contribution < 1.29 is 0 Å². The number of nitrogens with two attached hydrogens (primary N) is 1. The van der Waals surface area contributed by atoms with E-state index in [2.05, 4.69) is 24.3 Å². The van der Waals surface area contributed by atoms with E-state index < -0.39 is 0 Å². The van der Waals surface area contributed by atoms with E-state index in [9.17, 15) is 0 Å². The van der Waals surface area contributed by atoms with E-state index in [4.69, 9.17) is 5.73 Å². The molecule has 0 fully saturated rings. The van der Waals surface area contributed by atoms with Gasteiger partial charge in [-0.15, -0.1) is 0 Å². The summed E-state index contributed by atoms with van der Waals surface area (Å²) in [6, 6.07) is 0. The molecule has 0 aromatic rings. The van der Waals surface area contributed by atoms with Gasteiger partial charge in [-0.25, -0.2) is 0 Å². The molecule has 10 heavy (non-hydrogen) atoms. The van der Waals surface area contributed by atoms with E-state index in [1.807, 2.05) is 14.1 Å². The van der Waals surface area contributed by atoms with Crippen LogP contribution in [0.4, 0.5) is 0 Å². The van der Waals surface area contributed by atoms with Crippen LogP contribution in [-0.2, 0) is 0 Å². The van der Waals surface area contributed by atoms with Crippen LogP contribution in [0.5, 0.6) is 0 Å². The summed E-state index contributed by atoms with van der Waals surface area (Å²) in [5.74, 6) is 0. The number of nitrogens with zero attached hydrogens (tertiary/aromatic N) is 1. The van der Waals surface area contributed by atoms with Crippen LogP contribution in [0.25, 0.3) is 0 Å². The van der Waals surface area contributed by atoms with Crippen LogP contribution in [0.2, 0.25) is 0 Å². The van der Waals surface area contributed by atoms with Crippen molar-refractivity contribution in [3.05, 3.63) is 0 Å². The minimum Gasteiger partial charge on any atom is -0.330 e. The molecule has 0 spiro atoms. The number of hydrogen-bond donors (Lipinski definition) is 2. The van der Waals surface area contributed by atoms with Gasteiger partial charge >= 0.3 is 0 Å². The SMILES string of the molecule is CN(C)CCCN.CNC. The van der Waals surface area contributed by atoms with Crippen molar-refractivity contribution in [1.29, 1.82) is 0 Å². The molecular formula is C7H21N3. The highest BCUT2D eigenvalue weighted by atomic mass is 15.0. The van der Waals surface area contributed by atoms with Gasteiger partial charge in [0, 0.05) is 0 Å². The normalized spacial score (nSPS) is 9.00. The lowest BCUT2D eigenvalue weighted by molar-refractivity contribution is 0.403. The molecular weight excluding hydrogens is 126 g/mol. The third-order valence-electron chi connectivity index (χ3n) is 0.809. The highest BCUT2D eigenvalue weighted by Crippen LogP contribution is 1.76. The number of nitrogens with one attached hydrogen (secondary N) is 1. The third kappa shape index (κ3) is 24.8. The fraction of sp³-hybridized carbons (Fsp3) is 1.00. The molecule has 3 nitrogen and oxygen atoms in total. The van der Waals surface area contributed by atoms with Crippen molar-refractivity contribution in [3.8, 4) is 0 Å². The smallest absolute Gasteiger partial charge is 0.00128 e. The Labute approximate surface area is 64.6 Å². The molecule has 0 aromatic carbocycles. The molecule has 0 aliphatic heterocycles. The van der Waals surface area contributed by atoms with Gasteiger partial charge in [-0.1, -0.05) is 0 Å². The topological polar surface area (TPSA) is 41.3 Å². The van der Waals surface area contributed by atoms with E-state index in [-0.39, 0.29) is 0 Å². The summed E-state index contributed by atoms with van der Waals surface area (Å²) in [5, 5.41) is 2.75. The molecule has 0 aromatic heterocycles. The minimum atomic E-state index is 0.804. The zero-order chi connectivity index (χ0) is 8.41. The standard InChI is InChI=1S/C5H14N2.C2H7N/c1-7(2)5-3-4-6;1-3-2/h3-6H2,1-2H3;3H,1-2H3. The van der Waals surface area contributed by atoms with Crippen molar-refractivity contribution in [3.63, 3.8) is 0 Å². The van der Waals surface area contributed by atoms with E-state index >= 15 is 0 Å². The van der Waals surface area contributed by atoms with Gasteiger partial charge < -0.3 is 16.0 Å². The summed E-state index contributed by atoms with van der Waals surface area (Å²) in [5.41, 5.74) is 5.25. The van der Waals surface area contributed by atoms with Crippen LogP contribution >= 0.6 is 0 Å². The van der Waals surface area contributed by atoms with Gasteiger partial charge in [0.1, 0.15) is 0 Å². The summed E-state index contributed by atoms with van der Waals surface area (Å²) < 4.78 is 0. The van der Waals surface area contributed by atoms with Crippen LogP contribution < -0.4 is 11.1 Å². The summed E-state index contributed by atoms with van der Waals surface area (Å²) in [7, 11) is 7.85. The third-order valence-corrected chi connectivity index (χ3v) is 0.809. The Hall–Kier alpha value is -0.120. The monoisotopic (exact) mass is 147 g/mol. The second-order valence-corrected chi connectivity index (χ2v) is 2.45. The molecule has 0 saturated heterocycles. The second kappa shape index (κ2) is 11.6. The molecule has 0 aliphatic carbocycles. The lowest BCUT2D eigenvalue weighted by Gasteiger charge is -2.05. The van der Waals surface area contributed by atoms with Crippen LogP contribution in [-0.4, -0.2) is 46.2 Å².